The number of hydrogen-bond donors (Lipinski definition) is 1. The van der Waals surface area contributed by atoms with Crippen LogP contribution in [-0.2, 0) is 13.2 Å². The molecule has 0 saturated heterocycles. The molecule has 3 nitrogen and oxygen atoms in total. The molecule has 2 aromatic carbocycles. The lowest BCUT2D eigenvalue weighted by molar-refractivity contribution is 0.304. The lowest BCUT2D eigenvalue weighted by Crippen LogP contribution is -1.99. The summed E-state index contributed by atoms with van der Waals surface area (Å²) in [7, 11) is 1.65. The van der Waals surface area contributed by atoms with Gasteiger partial charge in [-0.25, -0.2) is 0 Å². The highest BCUT2D eigenvalue weighted by molar-refractivity contribution is 9.10. The van der Waals surface area contributed by atoms with Crippen LogP contribution in [0, 0.1) is 0 Å². The van der Waals surface area contributed by atoms with Gasteiger partial charge in [-0.1, -0.05) is 28.1 Å². The smallest absolute Gasteiger partial charge is 0.119 e. The molecule has 0 aliphatic rings. The Morgan fingerprint density at radius 2 is 1.74 bits per heavy atom. The first kappa shape index (κ1) is 13.9. The zero-order valence-electron chi connectivity index (χ0n) is 10.7. The largest absolute Gasteiger partial charge is 0.497 e. The quantitative estimate of drug-likeness (QED) is 0.916. The van der Waals surface area contributed by atoms with Gasteiger partial charge < -0.3 is 15.2 Å². The summed E-state index contributed by atoms with van der Waals surface area (Å²) >= 11 is 3.50. The second-order valence-electron chi connectivity index (χ2n) is 4.09. The van der Waals surface area contributed by atoms with Crippen molar-refractivity contribution in [3.8, 4) is 11.5 Å². The van der Waals surface area contributed by atoms with E-state index in [4.69, 9.17) is 15.2 Å². The van der Waals surface area contributed by atoms with E-state index in [1.165, 1.54) is 0 Å². The van der Waals surface area contributed by atoms with E-state index >= 15 is 0 Å². The molecule has 0 fully saturated rings. The molecule has 19 heavy (non-hydrogen) atoms. The predicted octanol–water partition coefficient (Wildman–Crippen LogP) is 3.50. The highest BCUT2D eigenvalue weighted by Crippen LogP contribution is 2.24. The molecular weight excluding hydrogens is 306 g/mol. The maximum absolute atomic E-state index is 5.75. The number of halogens is 1. The fourth-order valence-electron chi connectivity index (χ4n) is 1.67. The van der Waals surface area contributed by atoms with Crippen molar-refractivity contribution in [1.82, 2.24) is 0 Å². The lowest BCUT2D eigenvalue weighted by atomic mass is 10.2. The Labute approximate surface area is 121 Å². The Kier molecular flexibility index (Phi) is 4.82. The molecule has 0 amide bonds. The summed E-state index contributed by atoms with van der Waals surface area (Å²) in [6, 6.07) is 13.6. The highest BCUT2D eigenvalue weighted by Gasteiger charge is 2.03. The number of hydrogen-bond acceptors (Lipinski definition) is 3. The van der Waals surface area contributed by atoms with Gasteiger partial charge in [-0.05, 0) is 35.9 Å². The van der Waals surface area contributed by atoms with E-state index < -0.39 is 0 Å². The van der Waals surface area contributed by atoms with Crippen molar-refractivity contribution < 1.29 is 9.47 Å². The highest BCUT2D eigenvalue weighted by atomic mass is 79.9. The number of benzene rings is 2. The third-order valence-electron chi connectivity index (χ3n) is 2.81. The van der Waals surface area contributed by atoms with Crippen LogP contribution in [0.1, 0.15) is 11.1 Å². The summed E-state index contributed by atoms with van der Waals surface area (Å²) in [4.78, 5) is 0. The van der Waals surface area contributed by atoms with Gasteiger partial charge in [0.25, 0.3) is 0 Å². The zero-order chi connectivity index (χ0) is 13.7. The number of nitrogens with two attached hydrogens (primary N) is 1. The molecule has 2 N–H and O–H groups in total. The van der Waals surface area contributed by atoms with E-state index in [0.29, 0.717) is 13.2 Å². The van der Waals surface area contributed by atoms with Crippen molar-refractivity contribution in [2.75, 3.05) is 7.11 Å². The molecule has 0 bridgehead atoms. The first-order chi connectivity index (χ1) is 9.22. The summed E-state index contributed by atoms with van der Waals surface area (Å²) < 4.78 is 12.0. The molecule has 2 aromatic rings. The van der Waals surface area contributed by atoms with Crippen molar-refractivity contribution in [2.45, 2.75) is 13.2 Å². The molecular formula is C15H16BrNO2. The van der Waals surface area contributed by atoms with E-state index in [1.54, 1.807) is 7.11 Å². The summed E-state index contributed by atoms with van der Waals surface area (Å²) in [5.41, 5.74) is 7.69. The minimum atomic E-state index is 0.486. The minimum Gasteiger partial charge on any atom is -0.497 e. The average Bonchev–Trinajstić information content (AvgIpc) is 2.47. The molecule has 2 rings (SSSR count). The number of methoxy groups -OCH3 is 1. The summed E-state index contributed by atoms with van der Waals surface area (Å²) in [6.07, 6.45) is 0. The van der Waals surface area contributed by atoms with Gasteiger partial charge in [0, 0.05) is 16.6 Å². The lowest BCUT2D eigenvalue weighted by Gasteiger charge is -2.10. The van der Waals surface area contributed by atoms with Crippen LogP contribution >= 0.6 is 15.9 Å². The average molecular weight is 322 g/mol. The topological polar surface area (TPSA) is 44.5 Å². The third kappa shape index (κ3) is 3.72. The third-order valence-corrected chi connectivity index (χ3v) is 3.58. The van der Waals surface area contributed by atoms with Crippen LogP contribution in [-0.4, -0.2) is 7.11 Å². The Hall–Kier alpha value is -1.52. The maximum atomic E-state index is 5.75. The van der Waals surface area contributed by atoms with Crippen molar-refractivity contribution >= 4 is 15.9 Å². The predicted molar refractivity (Wildman–Crippen MR) is 79.4 cm³/mol. The van der Waals surface area contributed by atoms with Gasteiger partial charge in [-0.3, -0.25) is 0 Å². The van der Waals surface area contributed by atoms with Gasteiger partial charge in [-0.2, -0.15) is 0 Å². The molecule has 0 aromatic heterocycles. The van der Waals surface area contributed by atoms with Crippen molar-refractivity contribution in [3.63, 3.8) is 0 Å². The molecule has 0 radical (unpaired) electrons. The van der Waals surface area contributed by atoms with E-state index in [0.717, 1.165) is 27.1 Å². The van der Waals surface area contributed by atoms with E-state index in [2.05, 4.69) is 15.9 Å². The van der Waals surface area contributed by atoms with Gasteiger partial charge in [-0.15, -0.1) is 0 Å². The fourth-order valence-corrected chi connectivity index (χ4v) is 2.03. The Bertz CT molecular complexity index is 540. The standard InChI is InChI=1S/C15H16BrNO2/c1-18-14-6-7-15(16)12(8-14)10-19-13-4-2-11(9-17)3-5-13/h2-8H,9-10,17H2,1H3. The Balaban J connectivity index is 2.05. The monoisotopic (exact) mass is 321 g/mol. The molecule has 0 spiro atoms. The zero-order valence-corrected chi connectivity index (χ0v) is 12.3. The summed E-state index contributed by atoms with van der Waals surface area (Å²) in [5.74, 6) is 1.65. The Morgan fingerprint density at radius 3 is 2.37 bits per heavy atom. The van der Waals surface area contributed by atoms with E-state index in [-0.39, 0.29) is 0 Å². The van der Waals surface area contributed by atoms with Gasteiger partial charge in [0.05, 0.1) is 7.11 Å². The normalized spacial score (nSPS) is 10.3. The van der Waals surface area contributed by atoms with Crippen molar-refractivity contribution in [2.24, 2.45) is 5.73 Å². The number of rotatable bonds is 5. The van der Waals surface area contributed by atoms with Crippen LogP contribution in [0.3, 0.4) is 0 Å². The SMILES string of the molecule is COc1ccc(Br)c(COc2ccc(CN)cc2)c1. The molecule has 0 unspecified atom stereocenters. The minimum absolute atomic E-state index is 0.486. The van der Waals surface area contributed by atoms with Crippen LogP contribution in [0.5, 0.6) is 11.5 Å². The molecule has 0 atom stereocenters. The second kappa shape index (κ2) is 6.59. The molecule has 4 heteroatoms. The molecule has 0 saturated carbocycles. The molecule has 0 heterocycles. The molecule has 0 aliphatic carbocycles. The first-order valence-corrected chi connectivity index (χ1v) is 6.76. The van der Waals surface area contributed by atoms with Crippen LogP contribution < -0.4 is 15.2 Å². The van der Waals surface area contributed by atoms with Crippen LogP contribution in [0.2, 0.25) is 0 Å². The molecule has 0 aliphatic heterocycles. The number of ether oxygens (including phenoxy) is 2. The van der Waals surface area contributed by atoms with E-state index in [1.807, 2.05) is 42.5 Å². The van der Waals surface area contributed by atoms with Crippen LogP contribution in [0.4, 0.5) is 0 Å². The Morgan fingerprint density at radius 1 is 1.05 bits per heavy atom. The van der Waals surface area contributed by atoms with E-state index in [9.17, 15) is 0 Å². The van der Waals surface area contributed by atoms with Crippen molar-refractivity contribution in [1.29, 1.82) is 0 Å². The fraction of sp³-hybridized carbons (Fsp3) is 0.200. The van der Waals surface area contributed by atoms with Crippen molar-refractivity contribution in [3.05, 3.63) is 58.1 Å². The van der Waals surface area contributed by atoms with Crippen LogP contribution in [0.15, 0.2) is 46.9 Å². The van der Waals surface area contributed by atoms with Gasteiger partial charge in [0.1, 0.15) is 18.1 Å². The van der Waals surface area contributed by atoms with Gasteiger partial charge in [0.15, 0.2) is 0 Å². The van der Waals surface area contributed by atoms with Gasteiger partial charge in [0.2, 0.25) is 0 Å². The first-order valence-electron chi connectivity index (χ1n) is 5.97. The van der Waals surface area contributed by atoms with Gasteiger partial charge >= 0.3 is 0 Å². The van der Waals surface area contributed by atoms with Crippen LogP contribution in [0.25, 0.3) is 0 Å². The summed E-state index contributed by atoms with van der Waals surface area (Å²) in [5, 5.41) is 0. The maximum Gasteiger partial charge on any atom is 0.119 e. The second-order valence-corrected chi connectivity index (χ2v) is 4.95. The summed E-state index contributed by atoms with van der Waals surface area (Å²) in [6.45, 7) is 1.03. The molecule has 100 valence electrons.